The predicted molar refractivity (Wildman–Crippen MR) is 111 cm³/mol. The molecule has 3 amide bonds. The van der Waals surface area contributed by atoms with Gasteiger partial charge in [-0.2, -0.15) is 0 Å². The summed E-state index contributed by atoms with van der Waals surface area (Å²) in [6.07, 6.45) is 6.25. The van der Waals surface area contributed by atoms with Crippen molar-refractivity contribution < 1.29 is 24.3 Å². The Kier molecular flexibility index (Phi) is 11.7. The van der Waals surface area contributed by atoms with Crippen molar-refractivity contribution in [2.75, 3.05) is 13.1 Å². The Morgan fingerprint density at radius 1 is 0.833 bits per heavy atom. The van der Waals surface area contributed by atoms with Crippen LogP contribution in [0.5, 0.6) is 0 Å². The van der Waals surface area contributed by atoms with E-state index in [0.29, 0.717) is 50.6 Å². The number of hydrogen-bond acceptors (Lipinski definition) is 4. The monoisotopic (exact) mass is 415 g/mol. The molecule has 2 rings (SSSR count). The van der Waals surface area contributed by atoms with E-state index in [1.54, 1.807) is 0 Å². The maximum absolute atomic E-state index is 11.3. The van der Waals surface area contributed by atoms with Gasteiger partial charge in [0.15, 0.2) is 27.3 Å². The lowest BCUT2D eigenvalue weighted by atomic mass is 9.81. The summed E-state index contributed by atoms with van der Waals surface area (Å²) in [6, 6.07) is 0. The quantitative estimate of drug-likeness (QED) is 0.262. The van der Waals surface area contributed by atoms with Crippen molar-refractivity contribution in [3.05, 3.63) is 10.4 Å². The van der Waals surface area contributed by atoms with Gasteiger partial charge in [0.1, 0.15) is 0 Å². The molecular weight excluding hydrogens is 388 g/mol. The first-order valence-corrected chi connectivity index (χ1v) is 10.1. The van der Waals surface area contributed by atoms with Gasteiger partial charge in [0.05, 0.1) is 5.92 Å². The molecule has 2 aliphatic carbocycles. The van der Waals surface area contributed by atoms with Crippen molar-refractivity contribution in [1.29, 1.82) is 0 Å². The Bertz CT molecular complexity index is 655. The fraction of sp³-hybridized carbons (Fsp3) is 0.778. The van der Waals surface area contributed by atoms with Gasteiger partial charge >= 0.3 is 5.97 Å². The van der Waals surface area contributed by atoms with E-state index in [9.17, 15) is 19.2 Å². The molecule has 0 aromatic carbocycles. The van der Waals surface area contributed by atoms with Crippen LogP contribution >= 0.6 is 0 Å². The molecule has 160 valence electrons. The van der Waals surface area contributed by atoms with Crippen LogP contribution < -0.4 is 10.6 Å². The van der Waals surface area contributed by atoms with Crippen molar-refractivity contribution >= 4 is 39.2 Å². The molecule has 30 heavy (non-hydrogen) atoms. The highest BCUT2D eigenvalue weighted by molar-refractivity contribution is 6.57. The van der Waals surface area contributed by atoms with E-state index >= 15 is 0 Å². The van der Waals surface area contributed by atoms with Crippen molar-refractivity contribution in [2.24, 2.45) is 28.8 Å². The zero-order valence-electron chi connectivity index (χ0n) is 17.0. The van der Waals surface area contributed by atoms with Crippen molar-refractivity contribution in [3.8, 4) is 0 Å². The van der Waals surface area contributed by atoms with E-state index in [4.69, 9.17) is 26.3 Å². The Labute approximate surface area is 178 Å². The minimum absolute atomic E-state index is 0.152. The van der Waals surface area contributed by atoms with Crippen LogP contribution in [-0.4, -0.2) is 57.4 Å². The molecule has 0 aromatic rings. The van der Waals surface area contributed by atoms with Crippen LogP contribution in [-0.2, 0) is 9.59 Å². The smallest absolute Gasteiger partial charge is 0.306 e. The Morgan fingerprint density at radius 3 is 1.57 bits per heavy atom. The van der Waals surface area contributed by atoms with Gasteiger partial charge in [-0.3, -0.25) is 19.2 Å². The number of nitrogens with one attached hydrogen (secondary N) is 2. The molecule has 12 heteroatoms. The molecule has 2 fully saturated rings. The van der Waals surface area contributed by atoms with Crippen molar-refractivity contribution in [1.82, 2.24) is 10.6 Å². The standard InChI is InChI=1S/C9H13BN4O2.C9H14BNO3/c10-9(16)12-5-6-1-3-7(4-2-6)8(15)13-14-11;10-9(14)11-5-6-1-3-7(4-2-6)8(12)13/h6-7H,1-5H2,(H,12,16);6-7H,1-5H2,(H,11,14)(H,12,13). The van der Waals surface area contributed by atoms with E-state index < -0.39 is 17.6 Å². The van der Waals surface area contributed by atoms with Gasteiger partial charge in [-0.15, -0.1) is 0 Å². The van der Waals surface area contributed by atoms with Crippen LogP contribution in [0.3, 0.4) is 0 Å². The highest BCUT2D eigenvalue weighted by Gasteiger charge is 2.26. The molecule has 0 atom stereocenters. The fourth-order valence-electron chi connectivity index (χ4n) is 3.84. The highest BCUT2D eigenvalue weighted by atomic mass is 16.4. The van der Waals surface area contributed by atoms with Gasteiger partial charge in [0.2, 0.25) is 5.91 Å². The Morgan fingerprint density at radius 2 is 1.23 bits per heavy atom. The summed E-state index contributed by atoms with van der Waals surface area (Å²) in [7, 11) is 9.91. The topological polar surface area (TPSA) is 161 Å². The SMILES string of the molecule is [B]C(=O)NCC1CCC(C(=O)N=[N+]=[N-])CC1.[B]C(=O)NCC1CCC(C(=O)O)CC1. The van der Waals surface area contributed by atoms with Crippen molar-refractivity contribution in [3.63, 3.8) is 0 Å². The van der Waals surface area contributed by atoms with Gasteiger partial charge in [0, 0.05) is 23.9 Å². The number of carbonyl (C=O) groups excluding carboxylic acids is 3. The van der Waals surface area contributed by atoms with Crippen LogP contribution in [0.1, 0.15) is 51.4 Å². The van der Waals surface area contributed by atoms with Crippen LogP contribution in [0.2, 0.25) is 0 Å². The molecule has 3 N–H and O–H groups in total. The van der Waals surface area contributed by atoms with E-state index in [2.05, 4.69) is 20.7 Å². The van der Waals surface area contributed by atoms with Gasteiger partial charge in [0.25, 0.3) is 0 Å². The average molecular weight is 415 g/mol. The lowest BCUT2D eigenvalue weighted by Gasteiger charge is -2.26. The number of rotatable bonds is 6. The molecule has 0 saturated heterocycles. The number of aliphatic carboxylic acids is 1. The maximum Gasteiger partial charge on any atom is 0.306 e. The number of nitrogens with zero attached hydrogens (tertiary/aromatic N) is 3. The van der Waals surface area contributed by atoms with Gasteiger partial charge < -0.3 is 15.7 Å². The molecule has 10 nitrogen and oxygen atoms in total. The van der Waals surface area contributed by atoms with Crippen LogP contribution in [0, 0.1) is 23.7 Å². The molecule has 2 saturated carbocycles. The van der Waals surface area contributed by atoms with E-state index in [1.165, 1.54) is 0 Å². The Balaban J connectivity index is 0.000000303. The number of azide groups is 1. The average Bonchev–Trinajstić information content (AvgIpc) is 2.72. The number of hydrogen-bond donors (Lipinski definition) is 3. The summed E-state index contributed by atoms with van der Waals surface area (Å²) in [4.78, 5) is 45.3. The molecular formula is C18H27B2N5O5. The van der Waals surface area contributed by atoms with E-state index in [1.807, 2.05) is 0 Å². The molecule has 0 bridgehead atoms. The van der Waals surface area contributed by atoms with Gasteiger partial charge in [-0.1, -0.05) is 0 Å². The Hall–Kier alpha value is -2.48. The molecule has 0 spiro atoms. The third kappa shape index (κ3) is 10.3. The van der Waals surface area contributed by atoms with E-state index in [0.717, 1.165) is 25.7 Å². The summed E-state index contributed by atoms with van der Waals surface area (Å²) < 4.78 is 0. The summed E-state index contributed by atoms with van der Waals surface area (Å²) in [5.41, 5.74) is 8.14. The number of amides is 3. The molecule has 0 unspecified atom stereocenters. The van der Waals surface area contributed by atoms with Crippen LogP contribution in [0.15, 0.2) is 5.11 Å². The molecule has 0 heterocycles. The second-order valence-electron chi connectivity index (χ2n) is 7.79. The fourth-order valence-corrected chi connectivity index (χ4v) is 3.84. The minimum Gasteiger partial charge on any atom is -0.481 e. The number of carbonyl (C=O) groups is 4. The second kappa shape index (κ2) is 13.7. The zero-order valence-corrected chi connectivity index (χ0v) is 17.0. The zero-order chi connectivity index (χ0) is 22.5. The predicted octanol–water partition coefficient (Wildman–Crippen LogP) is 2.26. The molecule has 4 radical (unpaired) electrons. The highest BCUT2D eigenvalue weighted by Crippen LogP contribution is 2.29. The maximum atomic E-state index is 11.3. The third-order valence-electron chi connectivity index (χ3n) is 5.67. The molecule has 0 aromatic heterocycles. The summed E-state index contributed by atoms with van der Waals surface area (Å²) in [6.45, 7) is 1.12. The van der Waals surface area contributed by atoms with Gasteiger partial charge in [-0.25, -0.2) is 0 Å². The first kappa shape index (κ1) is 25.6. The summed E-state index contributed by atoms with van der Waals surface area (Å²) >= 11 is 0. The molecule has 0 aliphatic heterocycles. The lowest BCUT2D eigenvalue weighted by molar-refractivity contribution is -0.143. The second-order valence-corrected chi connectivity index (χ2v) is 7.79. The number of carboxylic acids is 1. The number of carboxylic acid groups (broad SMARTS) is 1. The third-order valence-corrected chi connectivity index (χ3v) is 5.67. The molecule has 2 aliphatic rings. The summed E-state index contributed by atoms with van der Waals surface area (Å²) in [5, 5.41) is 17.0. The van der Waals surface area contributed by atoms with E-state index in [-0.39, 0.29) is 17.7 Å². The largest absolute Gasteiger partial charge is 0.481 e. The minimum atomic E-state index is -0.702. The van der Waals surface area contributed by atoms with Crippen molar-refractivity contribution in [2.45, 2.75) is 51.4 Å². The van der Waals surface area contributed by atoms with Crippen LogP contribution in [0.4, 0.5) is 9.59 Å². The van der Waals surface area contributed by atoms with Gasteiger partial charge in [-0.05, 0) is 73.8 Å². The lowest BCUT2D eigenvalue weighted by Crippen LogP contribution is -2.31. The summed E-state index contributed by atoms with van der Waals surface area (Å²) in [5.74, 6) is -1.70. The normalized spacial score (nSPS) is 25.5. The first-order valence-electron chi connectivity index (χ1n) is 10.1. The van der Waals surface area contributed by atoms with Crippen LogP contribution in [0.25, 0.3) is 10.4 Å². The first-order chi connectivity index (χ1) is 14.2.